The maximum absolute atomic E-state index is 5.41. The van der Waals surface area contributed by atoms with Crippen molar-refractivity contribution < 1.29 is 0 Å². The van der Waals surface area contributed by atoms with Gasteiger partial charge in [-0.2, -0.15) is 0 Å². The molecule has 0 saturated carbocycles. The summed E-state index contributed by atoms with van der Waals surface area (Å²) in [6, 6.07) is 0. The van der Waals surface area contributed by atoms with Crippen LogP contribution in [0.1, 0.15) is 10.6 Å². The Morgan fingerprint density at radius 3 is 2.67 bits per heavy atom. The Morgan fingerprint density at radius 2 is 2.44 bits per heavy atom. The number of hydrogen-bond acceptors (Lipinski definition) is 3. The highest BCUT2D eigenvalue weighted by atomic mass is 32.1. The van der Waals surface area contributed by atoms with E-state index in [0.717, 1.165) is 10.6 Å². The Balaban J connectivity index is 3.15. The fourth-order valence-corrected chi connectivity index (χ4v) is 1.30. The summed E-state index contributed by atoms with van der Waals surface area (Å²) in [7, 11) is 0. The minimum absolute atomic E-state index is 0.613. The molecule has 0 aliphatic rings. The van der Waals surface area contributed by atoms with Crippen LogP contribution in [0, 0.1) is 6.92 Å². The maximum Gasteiger partial charge on any atom is 0.180 e. The van der Waals surface area contributed by atoms with Gasteiger partial charge in [-0.3, -0.25) is 0 Å². The molecule has 0 aromatic carbocycles. The van der Waals surface area contributed by atoms with Crippen LogP contribution in [0.25, 0.3) is 6.08 Å². The number of nitrogens with zero attached hydrogens (tertiary/aromatic N) is 1. The number of anilines is 1. The van der Waals surface area contributed by atoms with Crippen LogP contribution >= 0.6 is 11.3 Å². The minimum Gasteiger partial charge on any atom is -0.375 e. The Morgan fingerprint density at radius 1 is 1.78 bits per heavy atom. The SMILES string of the molecule is C=Cc1sc(N)nc1C. The van der Waals surface area contributed by atoms with Crippen LogP contribution in [0.5, 0.6) is 0 Å². The van der Waals surface area contributed by atoms with Gasteiger partial charge in [-0.1, -0.05) is 24.0 Å². The van der Waals surface area contributed by atoms with E-state index in [1.54, 1.807) is 6.08 Å². The Bertz CT molecular complexity index is 227. The van der Waals surface area contributed by atoms with Crippen molar-refractivity contribution in [3.05, 3.63) is 17.2 Å². The van der Waals surface area contributed by atoms with Crippen molar-refractivity contribution in [3.63, 3.8) is 0 Å². The van der Waals surface area contributed by atoms with Crippen LogP contribution in [-0.4, -0.2) is 4.98 Å². The summed E-state index contributed by atoms with van der Waals surface area (Å²) in [5.41, 5.74) is 6.38. The summed E-state index contributed by atoms with van der Waals surface area (Å²) in [5.74, 6) is 0. The third-order valence-corrected chi connectivity index (χ3v) is 2.02. The van der Waals surface area contributed by atoms with Gasteiger partial charge in [-0.05, 0) is 6.92 Å². The number of nitrogens with two attached hydrogens (primary N) is 1. The molecule has 0 amide bonds. The molecule has 0 atom stereocenters. The second-order valence-corrected chi connectivity index (χ2v) is 2.77. The minimum atomic E-state index is 0.613. The van der Waals surface area contributed by atoms with Crippen molar-refractivity contribution >= 4 is 22.5 Å². The molecule has 0 fully saturated rings. The lowest BCUT2D eigenvalue weighted by Gasteiger charge is -1.80. The van der Waals surface area contributed by atoms with Crippen LogP contribution in [0.3, 0.4) is 0 Å². The van der Waals surface area contributed by atoms with Gasteiger partial charge in [-0.25, -0.2) is 4.98 Å². The standard InChI is InChI=1S/C6H8N2S/c1-3-5-4(2)8-6(7)9-5/h3H,1H2,2H3,(H2,7,8). The fourth-order valence-electron chi connectivity index (χ4n) is 0.619. The molecule has 0 bridgehead atoms. The number of nitrogen functional groups attached to an aromatic ring is 1. The highest BCUT2D eigenvalue weighted by Crippen LogP contribution is 2.19. The van der Waals surface area contributed by atoms with Gasteiger partial charge in [0, 0.05) is 0 Å². The molecule has 0 radical (unpaired) electrons. The molecule has 0 aliphatic carbocycles. The molecule has 1 aromatic rings. The molecule has 0 spiro atoms. The summed E-state index contributed by atoms with van der Waals surface area (Å²) >= 11 is 1.46. The normalized spacial score (nSPS) is 9.44. The van der Waals surface area contributed by atoms with Crippen molar-refractivity contribution in [2.24, 2.45) is 0 Å². The summed E-state index contributed by atoms with van der Waals surface area (Å²) in [4.78, 5) is 5.07. The van der Waals surface area contributed by atoms with Crippen LogP contribution in [-0.2, 0) is 0 Å². The molecule has 0 unspecified atom stereocenters. The predicted octanol–water partition coefficient (Wildman–Crippen LogP) is 1.68. The molecule has 48 valence electrons. The fraction of sp³-hybridized carbons (Fsp3) is 0.167. The van der Waals surface area contributed by atoms with E-state index < -0.39 is 0 Å². The zero-order valence-electron chi connectivity index (χ0n) is 5.22. The molecule has 0 saturated heterocycles. The molecule has 1 rings (SSSR count). The zero-order chi connectivity index (χ0) is 6.85. The van der Waals surface area contributed by atoms with Gasteiger partial charge in [0.2, 0.25) is 0 Å². The summed E-state index contributed by atoms with van der Waals surface area (Å²) < 4.78 is 0. The van der Waals surface area contributed by atoms with Crippen molar-refractivity contribution in [3.8, 4) is 0 Å². The van der Waals surface area contributed by atoms with E-state index in [1.807, 2.05) is 6.92 Å². The number of aryl methyl sites for hydroxylation is 1. The van der Waals surface area contributed by atoms with Crippen LogP contribution in [0.2, 0.25) is 0 Å². The van der Waals surface area contributed by atoms with Crippen LogP contribution < -0.4 is 5.73 Å². The smallest absolute Gasteiger partial charge is 0.180 e. The Kier molecular flexibility index (Phi) is 1.53. The molecule has 1 heterocycles. The molecular weight excluding hydrogens is 132 g/mol. The first-order valence-corrected chi connectivity index (χ1v) is 3.41. The summed E-state index contributed by atoms with van der Waals surface area (Å²) in [6.07, 6.45) is 1.77. The Hall–Kier alpha value is -0.830. The van der Waals surface area contributed by atoms with E-state index in [9.17, 15) is 0 Å². The quantitative estimate of drug-likeness (QED) is 0.644. The molecule has 2 N–H and O–H groups in total. The van der Waals surface area contributed by atoms with Gasteiger partial charge in [0.25, 0.3) is 0 Å². The van der Waals surface area contributed by atoms with Gasteiger partial charge in [-0.15, -0.1) is 0 Å². The number of aromatic nitrogens is 1. The summed E-state index contributed by atoms with van der Waals surface area (Å²) in [6.45, 7) is 5.54. The molecule has 9 heavy (non-hydrogen) atoms. The average molecular weight is 140 g/mol. The van der Waals surface area contributed by atoms with Crippen molar-refractivity contribution in [1.82, 2.24) is 4.98 Å². The number of hydrogen-bond donors (Lipinski definition) is 1. The predicted molar refractivity (Wildman–Crippen MR) is 41.4 cm³/mol. The van der Waals surface area contributed by atoms with Gasteiger partial charge in [0.15, 0.2) is 5.13 Å². The lowest BCUT2D eigenvalue weighted by molar-refractivity contribution is 1.27. The van der Waals surface area contributed by atoms with E-state index in [1.165, 1.54) is 11.3 Å². The van der Waals surface area contributed by atoms with Gasteiger partial charge in [0.05, 0.1) is 10.6 Å². The average Bonchev–Trinajstić information content (AvgIpc) is 2.10. The molecule has 3 heteroatoms. The lowest BCUT2D eigenvalue weighted by atomic mass is 10.4. The first kappa shape index (κ1) is 6.29. The molecule has 1 aromatic heterocycles. The van der Waals surface area contributed by atoms with Gasteiger partial charge < -0.3 is 5.73 Å². The second-order valence-electron chi connectivity index (χ2n) is 1.71. The van der Waals surface area contributed by atoms with Crippen LogP contribution in [0.4, 0.5) is 5.13 Å². The van der Waals surface area contributed by atoms with Crippen molar-refractivity contribution in [2.75, 3.05) is 5.73 Å². The van der Waals surface area contributed by atoms with Crippen molar-refractivity contribution in [2.45, 2.75) is 6.92 Å². The number of rotatable bonds is 1. The third-order valence-electron chi connectivity index (χ3n) is 1.03. The van der Waals surface area contributed by atoms with E-state index >= 15 is 0 Å². The van der Waals surface area contributed by atoms with E-state index in [4.69, 9.17) is 5.73 Å². The maximum atomic E-state index is 5.41. The first-order chi connectivity index (χ1) is 4.24. The molecule has 0 aliphatic heterocycles. The highest BCUT2D eigenvalue weighted by molar-refractivity contribution is 7.16. The van der Waals surface area contributed by atoms with Gasteiger partial charge in [0.1, 0.15) is 0 Å². The van der Waals surface area contributed by atoms with E-state index in [2.05, 4.69) is 11.6 Å². The highest BCUT2D eigenvalue weighted by Gasteiger charge is 1.98. The largest absolute Gasteiger partial charge is 0.375 e. The second kappa shape index (κ2) is 2.19. The third kappa shape index (κ3) is 1.10. The summed E-state index contributed by atoms with van der Waals surface area (Å²) in [5, 5.41) is 0.613. The van der Waals surface area contributed by atoms with Gasteiger partial charge >= 0.3 is 0 Å². The molecule has 2 nitrogen and oxygen atoms in total. The lowest BCUT2D eigenvalue weighted by Crippen LogP contribution is -1.80. The first-order valence-electron chi connectivity index (χ1n) is 2.59. The zero-order valence-corrected chi connectivity index (χ0v) is 6.03. The van der Waals surface area contributed by atoms with E-state index in [-0.39, 0.29) is 0 Å². The monoisotopic (exact) mass is 140 g/mol. The topological polar surface area (TPSA) is 38.9 Å². The molecular formula is C6H8N2S. The van der Waals surface area contributed by atoms with Crippen LogP contribution in [0.15, 0.2) is 6.58 Å². The Labute approximate surface area is 58.0 Å². The van der Waals surface area contributed by atoms with E-state index in [0.29, 0.717) is 5.13 Å². The number of thiazole rings is 1. The van der Waals surface area contributed by atoms with Crippen molar-refractivity contribution in [1.29, 1.82) is 0 Å².